The first-order chi connectivity index (χ1) is 22.1. The Morgan fingerprint density at radius 3 is 2.02 bits per heavy atom. The van der Waals surface area contributed by atoms with E-state index in [9.17, 15) is 31.1 Å². The molecule has 0 unspecified atom stereocenters. The number of rotatable bonds is 6. The highest BCUT2D eigenvalue weighted by molar-refractivity contribution is 6.32. The highest BCUT2D eigenvalue weighted by Crippen LogP contribution is 2.40. The van der Waals surface area contributed by atoms with Crippen LogP contribution < -0.4 is 10.5 Å². The smallest absolute Gasteiger partial charge is 0.490 e. The molecule has 0 saturated heterocycles. The number of methoxy groups -OCH3 is 1. The number of benzene rings is 1. The number of aryl methyl sites for hydroxylation is 3. The highest BCUT2D eigenvalue weighted by atomic mass is 35.5. The minimum absolute atomic E-state index is 0.152. The van der Waals surface area contributed by atoms with E-state index in [0.717, 1.165) is 44.6 Å². The molecule has 4 N–H and O–H groups in total. The van der Waals surface area contributed by atoms with Crippen LogP contribution in [0.1, 0.15) is 27.2 Å². The molecule has 260 valence electrons. The standard InChI is InChI=1S/C25H27ClN6O2.2C2HF3O2/c1-14-12-32(24-20(14)23(27)29-13-30-24)9-8-16-10-18(26)15(2)21(22(16)34-5)17-6-7-19(28-11-17)25(33)31(3)4;2*3-2(4,5)1(6)7/h6-7,10-13H,8-9H2,1-5H3,(H2,27,29,30);2*(H,6,7). The molecule has 19 heteroatoms. The summed E-state index contributed by atoms with van der Waals surface area (Å²) in [6.07, 6.45) is -4.31. The molecule has 0 aliphatic rings. The van der Waals surface area contributed by atoms with Gasteiger partial charge in [-0.3, -0.25) is 9.78 Å². The van der Waals surface area contributed by atoms with E-state index in [0.29, 0.717) is 29.5 Å². The zero-order valence-corrected chi connectivity index (χ0v) is 26.6. The zero-order valence-electron chi connectivity index (χ0n) is 25.9. The molecule has 0 atom stereocenters. The van der Waals surface area contributed by atoms with Crippen LogP contribution in [0, 0.1) is 13.8 Å². The summed E-state index contributed by atoms with van der Waals surface area (Å²) in [6, 6.07) is 5.53. The molecule has 0 spiro atoms. The fraction of sp³-hybridized carbons (Fsp3) is 0.310. The molecule has 3 heterocycles. The van der Waals surface area contributed by atoms with Gasteiger partial charge < -0.3 is 30.2 Å². The molecule has 0 aliphatic carbocycles. The van der Waals surface area contributed by atoms with Crippen molar-refractivity contribution >= 4 is 46.3 Å². The van der Waals surface area contributed by atoms with Gasteiger partial charge in [0.15, 0.2) is 0 Å². The maximum absolute atomic E-state index is 12.2. The first-order valence-electron chi connectivity index (χ1n) is 13.3. The molecule has 1 aromatic carbocycles. The number of hydrogen-bond acceptors (Lipinski definition) is 8. The Hall–Kier alpha value is -5.13. The summed E-state index contributed by atoms with van der Waals surface area (Å²) in [6.45, 7) is 4.60. The van der Waals surface area contributed by atoms with Crippen LogP contribution >= 0.6 is 11.6 Å². The van der Waals surface area contributed by atoms with E-state index in [1.165, 1.54) is 11.2 Å². The number of aliphatic carboxylic acids is 2. The van der Waals surface area contributed by atoms with E-state index >= 15 is 0 Å². The maximum atomic E-state index is 12.2. The molecule has 4 aromatic rings. The van der Waals surface area contributed by atoms with Crippen molar-refractivity contribution in [2.45, 2.75) is 39.2 Å². The van der Waals surface area contributed by atoms with Crippen LogP contribution in [0.25, 0.3) is 22.2 Å². The number of carboxylic acid groups (broad SMARTS) is 2. The van der Waals surface area contributed by atoms with Crippen molar-refractivity contribution in [1.29, 1.82) is 0 Å². The number of amides is 1. The second-order valence-electron chi connectivity index (χ2n) is 10.0. The summed E-state index contributed by atoms with van der Waals surface area (Å²) in [7, 11) is 5.05. The van der Waals surface area contributed by atoms with Gasteiger partial charge in [-0.15, -0.1) is 0 Å². The van der Waals surface area contributed by atoms with Crippen LogP contribution in [-0.2, 0) is 22.6 Å². The largest absolute Gasteiger partial charge is 0.496 e. The third-order valence-electron chi connectivity index (χ3n) is 6.41. The summed E-state index contributed by atoms with van der Waals surface area (Å²) in [5, 5.41) is 15.8. The average molecular weight is 707 g/mol. The van der Waals surface area contributed by atoms with Gasteiger partial charge in [-0.05, 0) is 49.1 Å². The monoisotopic (exact) mass is 706 g/mol. The minimum atomic E-state index is -5.08. The maximum Gasteiger partial charge on any atom is 0.490 e. The van der Waals surface area contributed by atoms with Crippen LogP contribution in [0.2, 0.25) is 5.02 Å². The Bertz CT molecular complexity index is 1770. The lowest BCUT2D eigenvalue weighted by Gasteiger charge is -2.18. The van der Waals surface area contributed by atoms with Gasteiger partial charge in [0.25, 0.3) is 5.91 Å². The van der Waals surface area contributed by atoms with Crippen molar-refractivity contribution in [2.75, 3.05) is 26.9 Å². The topological polar surface area (TPSA) is 174 Å². The molecule has 0 bridgehead atoms. The van der Waals surface area contributed by atoms with E-state index in [1.807, 2.05) is 32.2 Å². The number of nitrogens with zero attached hydrogens (tertiary/aromatic N) is 5. The van der Waals surface area contributed by atoms with Gasteiger partial charge in [0.2, 0.25) is 0 Å². The van der Waals surface area contributed by atoms with Crippen LogP contribution in [0.4, 0.5) is 32.2 Å². The van der Waals surface area contributed by atoms with Crippen LogP contribution in [0.3, 0.4) is 0 Å². The Morgan fingerprint density at radius 1 is 1.00 bits per heavy atom. The Labute approximate surface area is 273 Å². The molecule has 12 nitrogen and oxygen atoms in total. The fourth-order valence-corrected chi connectivity index (χ4v) is 4.42. The second-order valence-corrected chi connectivity index (χ2v) is 10.4. The van der Waals surface area contributed by atoms with Gasteiger partial charge in [-0.25, -0.2) is 19.6 Å². The first-order valence-corrected chi connectivity index (χ1v) is 13.7. The molecule has 1 amide bonds. The molecule has 0 saturated carbocycles. The number of aromatic nitrogens is 4. The Balaban J connectivity index is 0.000000479. The zero-order chi connectivity index (χ0) is 36.7. The minimum Gasteiger partial charge on any atom is -0.496 e. The first kappa shape index (κ1) is 39.1. The number of carboxylic acids is 2. The summed E-state index contributed by atoms with van der Waals surface area (Å²) in [4.78, 5) is 44.4. The Kier molecular flexibility index (Phi) is 12.7. The summed E-state index contributed by atoms with van der Waals surface area (Å²) in [5.74, 6) is -4.46. The molecule has 4 rings (SSSR count). The van der Waals surface area contributed by atoms with Crippen LogP contribution in [0.15, 0.2) is 36.9 Å². The van der Waals surface area contributed by atoms with Crippen molar-refractivity contribution in [3.8, 4) is 16.9 Å². The lowest BCUT2D eigenvalue weighted by atomic mass is 9.96. The van der Waals surface area contributed by atoms with Gasteiger partial charge in [0, 0.05) is 49.2 Å². The number of carbonyl (C=O) groups excluding carboxylic acids is 1. The molecule has 48 heavy (non-hydrogen) atoms. The van der Waals surface area contributed by atoms with Gasteiger partial charge >= 0.3 is 24.3 Å². The summed E-state index contributed by atoms with van der Waals surface area (Å²) < 4.78 is 71.4. The molecule has 0 radical (unpaired) electrons. The normalized spacial score (nSPS) is 11.2. The van der Waals surface area contributed by atoms with E-state index < -0.39 is 24.3 Å². The van der Waals surface area contributed by atoms with Gasteiger partial charge in [-0.2, -0.15) is 26.3 Å². The van der Waals surface area contributed by atoms with Crippen molar-refractivity contribution in [3.05, 3.63) is 64.3 Å². The predicted octanol–water partition coefficient (Wildman–Crippen LogP) is 5.57. The van der Waals surface area contributed by atoms with Crippen molar-refractivity contribution in [2.24, 2.45) is 0 Å². The quantitative estimate of drug-likeness (QED) is 0.215. The lowest BCUT2D eigenvalue weighted by Crippen LogP contribution is -2.22. The number of ether oxygens (including phenoxy) is 1. The van der Waals surface area contributed by atoms with Gasteiger partial charge in [0.05, 0.1) is 12.5 Å². The summed E-state index contributed by atoms with van der Waals surface area (Å²) >= 11 is 6.64. The third kappa shape index (κ3) is 9.69. The molecule has 3 aromatic heterocycles. The second kappa shape index (κ2) is 15.6. The third-order valence-corrected chi connectivity index (χ3v) is 6.81. The number of carbonyl (C=O) groups is 3. The Morgan fingerprint density at radius 2 is 1.56 bits per heavy atom. The van der Waals surface area contributed by atoms with Crippen LogP contribution in [0.5, 0.6) is 5.75 Å². The van der Waals surface area contributed by atoms with Crippen molar-refractivity contribution in [1.82, 2.24) is 24.4 Å². The fourth-order valence-electron chi connectivity index (χ4n) is 4.20. The van der Waals surface area contributed by atoms with E-state index in [1.54, 1.807) is 33.5 Å². The lowest BCUT2D eigenvalue weighted by molar-refractivity contribution is -0.193. The number of alkyl halides is 6. The number of pyridine rings is 1. The van der Waals surface area contributed by atoms with Gasteiger partial charge in [-0.1, -0.05) is 17.7 Å². The molecular formula is C29H29ClF6N6O6. The number of nitrogens with two attached hydrogens (primary N) is 1. The molecular weight excluding hydrogens is 678 g/mol. The van der Waals surface area contributed by atoms with Crippen LogP contribution in [-0.4, -0.2) is 86.0 Å². The average Bonchev–Trinajstić information content (AvgIpc) is 3.32. The predicted molar refractivity (Wildman–Crippen MR) is 162 cm³/mol. The SMILES string of the molecule is COc1c(CCn2cc(C)c3c(N)ncnc32)cc(Cl)c(C)c1-c1ccc(C(=O)N(C)C)nc1.O=C(O)C(F)(F)F.O=C(O)C(F)(F)F. The number of hydrogen-bond donors (Lipinski definition) is 3. The molecule has 0 aliphatic heterocycles. The number of halogens is 7. The number of anilines is 1. The van der Waals surface area contributed by atoms with E-state index in [4.69, 9.17) is 41.9 Å². The number of fused-ring (bicyclic) bond motifs is 1. The van der Waals surface area contributed by atoms with E-state index in [2.05, 4.69) is 19.5 Å². The summed E-state index contributed by atoms with van der Waals surface area (Å²) in [5.41, 5.74) is 11.8. The van der Waals surface area contributed by atoms with E-state index in [-0.39, 0.29) is 5.91 Å². The van der Waals surface area contributed by atoms with Gasteiger partial charge in [0.1, 0.15) is 29.2 Å². The molecule has 0 fully saturated rings. The van der Waals surface area contributed by atoms with Crippen molar-refractivity contribution < 1.29 is 55.7 Å². The van der Waals surface area contributed by atoms with Crippen molar-refractivity contribution in [3.63, 3.8) is 0 Å². The highest BCUT2D eigenvalue weighted by Gasteiger charge is 2.38. The number of nitrogen functional groups attached to an aromatic ring is 1.